The zero-order valence-electron chi connectivity index (χ0n) is 12.8. The first-order valence-electron chi connectivity index (χ1n) is 7.70. The van der Waals surface area contributed by atoms with Crippen molar-refractivity contribution in [2.75, 3.05) is 26.2 Å². The fraction of sp³-hybridized carbons (Fsp3) is 0.500. The van der Waals surface area contributed by atoms with Crippen LogP contribution in [0.4, 0.5) is 13.2 Å². The van der Waals surface area contributed by atoms with Crippen molar-refractivity contribution in [3.8, 4) is 0 Å². The van der Waals surface area contributed by atoms with Crippen LogP contribution in [0.15, 0.2) is 18.2 Å². The van der Waals surface area contributed by atoms with Crippen LogP contribution in [0.2, 0.25) is 5.02 Å². The molecule has 1 aliphatic heterocycles. The minimum Gasteiger partial charge on any atom is -0.339 e. The second kappa shape index (κ2) is 6.27. The van der Waals surface area contributed by atoms with Crippen molar-refractivity contribution in [2.24, 2.45) is 5.92 Å². The molecule has 1 saturated carbocycles. The zero-order chi connectivity index (χ0) is 17.5. The molecule has 2 aliphatic rings. The number of piperazine rings is 1. The summed E-state index contributed by atoms with van der Waals surface area (Å²) < 4.78 is 38.7. The number of carbonyl (C=O) groups excluding carboxylic acids is 2. The van der Waals surface area contributed by atoms with E-state index in [1.807, 2.05) is 0 Å². The van der Waals surface area contributed by atoms with Gasteiger partial charge in [0.2, 0.25) is 5.91 Å². The summed E-state index contributed by atoms with van der Waals surface area (Å²) in [7, 11) is 0. The Morgan fingerprint density at radius 1 is 1.25 bits per heavy atom. The third-order valence-electron chi connectivity index (χ3n) is 4.32. The number of rotatable bonds is 3. The molecule has 1 aliphatic carbocycles. The SMILES string of the molecule is O=C1CN(C(=O)c2cccc(C(F)(F)F)c2Cl)CCN1CC1CC1. The van der Waals surface area contributed by atoms with Crippen molar-refractivity contribution in [1.29, 1.82) is 0 Å². The largest absolute Gasteiger partial charge is 0.417 e. The van der Waals surface area contributed by atoms with E-state index in [4.69, 9.17) is 11.6 Å². The number of benzene rings is 1. The number of hydrogen-bond donors (Lipinski definition) is 0. The lowest BCUT2D eigenvalue weighted by atomic mass is 10.1. The van der Waals surface area contributed by atoms with Crippen LogP contribution in [0.5, 0.6) is 0 Å². The molecule has 3 rings (SSSR count). The second-order valence-electron chi connectivity index (χ2n) is 6.17. The van der Waals surface area contributed by atoms with Gasteiger partial charge in [-0.25, -0.2) is 0 Å². The zero-order valence-corrected chi connectivity index (χ0v) is 13.5. The van der Waals surface area contributed by atoms with E-state index in [0.29, 0.717) is 25.6 Å². The molecule has 1 saturated heterocycles. The number of carbonyl (C=O) groups is 2. The number of nitrogens with zero attached hydrogens (tertiary/aromatic N) is 2. The molecular formula is C16H16ClF3N2O2. The molecule has 2 amide bonds. The molecule has 1 heterocycles. The van der Waals surface area contributed by atoms with E-state index in [0.717, 1.165) is 25.0 Å². The highest BCUT2D eigenvalue weighted by molar-refractivity contribution is 6.34. The van der Waals surface area contributed by atoms with Gasteiger partial charge in [0.15, 0.2) is 0 Å². The molecule has 0 radical (unpaired) electrons. The molecule has 24 heavy (non-hydrogen) atoms. The summed E-state index contributed by atoms with van der Waals surface area (Å²) in [6.45, 7) is 1.27. The van der Waals surface area contributed by atoms with Crippen LogP contribution in [0, 0.1) is 5.92 Å². The van der Waals surface area contributed by atoms with E-state index in [9.17, 15) is 22.8 Å². The van der Waals surface area contributed by atoms with Gasteiger partial charge in [0.05, 0.1) is 16.1 Å². The summed E-state index contributed by atoms with van der Waals surface area (Å²) in [6, 6.07) is 3.23. The molecule has 8 heteroatoms. The molecule has 2 fully saturated rings. The van der Waals surface area contributed by atoms with Gasteiger partial charge in [-0.2, -0.15) is 13.2 Å². The fourth-order valence-electron chi connectivity index (χ4n) is 2.77. The Kier molecular flexibility index (Phi) is 4.46. The van der Waals surface area contributed by atoms with Crippen molar-refractivity contribution in [3.05, 3.63) is 34.3 Å². The average molecular weight is 361 g/mol. The highest BCUT2D eigenvalue weighted by atomic mass is 35.5. The molecule has 1 aromatic rings. The van der Waals surface area contributed by atoms with Crippen LogP contribution in [0.3, 0.4) is 0 Å². The number of alkyl halides is 3. The third kappa shape index (κ3) is 3.50. The van der Waals surface area contributed by atoms with Crippen LogP contribution in [-0.4, -0.2) is 47.8 Å². The van der Waals surface area contributed by atoms with Crippen molar-refractivity contribution in [2.45, 2.75) is 19.0 Å². The first-order valence-corrected chi connectivity index (χ1v) is 8.08. The number of halogens is 4. The highest BCUT2D eigenvalue weighted by Crippen LogP contribution is 2.36. The van der Waals surface area contributed by atoms with Crippen LogP contribution in [0.25, 0.3) is 0 Å². The minimum atomic E-state index is -4.63. The van der Waals surface area contributed by atoms with Crippen molar-refractivity contribution in [3.63, 3.8) is 0 Å². The summed E-state index contributed by atoms with van der Waals surface area (Å²) in [5.41, 5.74) is -1.27. The number of hydrogen-bond acceptors (Lipinski definition) is 2. The quantitative estimate of drug-likeness (QED) is 0.831. The normalized spacial score (nSPS) is 18.9. The lowest BCUT2D eigenvalue weighted by molar-refractivity contribution is -0.137. The Labute approximate surface area is 142 Å². The topological polar surface area (TPSA) is 40.6 Å². The Bertz CT molecular complexity index is 674. The monoisotopic (exact) mass is 360 g/mol. The molecule has 1 aromatic carbocycles. The Balaban J connectivity index is 1.74. The predicted octanol–water partition coefficient (Wildman–Crippen LogP) is 3.05. The van der Waals surface area contributed by atoms with Crippen LogP contribution in [-0.2, 0) is 11.0 Å². The molecular weight excluding hydrogens is 345 g/mol. The summed E-state index contributed by atoms with van der Waals surface area (Å²) >= 11 is 5.79. The second-order valence-corrected chi connectivity index (χ2v) is 6.55. The maximum atomic E-state index is 12.9. The van der Waals surface area contributed by atoms with Gasteiger partial charge in [-0.05, 0) is 30.9 Å². The van der Waals surface area contributed by atoms with E-state index in [2.05, 4.69) is 0 Å². The van der Waals surface area contributed by atoms with Gasteiger partial charge >= 0.3 is 6.18 Å². The van der Waals surface area contributed by atoms with Gasteiger partial charge in [0, 0.05) is 19.6 Å². The van der Waals surface area contributed by atoms with Crippen molar-refractivity contribution in [1.82, 2.24) is 9.80 Å². The summed E-state index contributed by atoms with van der Waals surface area (Å²) in [5.74, 6) is -0.274. The summed E-state index contributed by atoms with van der Waals surface area (Å²) in [5, 5.41) is -0.622. The van der Waals surface area contributed by atoms with E-state index >= 15 is 0 Å². The van der Waals surface area contributed by atoms with Gasteiger partial charge in [-0.15, -0.1) is 0 Å². The predicted molar refractivity (Wildman–Crippen MR) is 81.7 cm³/mol. The number of amides is 2. The molecule has 0 aromatic heterocycles. The maximum Gasteiger partial charge on any atom is 0.417 e. The molecule has 4 nitrogen and oxygen atoms in total. The lowest BCUT2D eigenvalue weighted by Crippen LogP contribution is -2.52. The summed E-state index contributed by atoms with van der Waals surface area (Å²) in [6.07, 6.45) is -2.40. The summed E-state index contributed by atoms with van der Waals surface area (Å²) in [4.78, 5) is 27.6. The standard InChI is InChI=1S/C16H16ClF3N2O2/c17-14-11(2-1-3-12(14)16(18,19)20)15(24)22-7-6-21(13(23)9-22)8-10-4-5-10/h1-3,10H,4-9H2. The first kappa shape index (κ1) is 17.1. The van der Waals surface area contributed by atoms with E-state index in [1.165, 1.54) is 11.0 Å². The van der Waals surface area contributed by atoms with E-state index in [-0.39, 0.29) is 18.0 Å². The van der Waals surface area contributed by atoms with Crippen molar-refractivity contribution >= 4 is 23.4 Å². The highest BCUT2D eigenvalue weighted by Gasteiger charge is 2.36. The minimum absolute atomic E-state index is 0.127. The van der Waals surface area contributed by atoms with Gasteiger partial charge < -0.3 is 9.80 Å². The molecule has 0 unspecified atom stereocenters. The van der Waals surface area contributed by atoms with Crippen molar-refractivity contribution < 1.29 is 22.8 Å². The Hall–Kier alpha value is -1.76. The first-order chi connectivity index (χ1) is 11.3. The van der Waals surface area contributed by atoms with Gasteiger partial charge in [0.1, 0.15) is 6.54 Å². The molecule has 0 N–H and O–H groups in total. The Morgan fingerprint density at radius 3 is 2.54 bits per heavy atom. The van der Waals surface area contributed by atoms with Gasteiger partial charge in [-0.1, -0.05) is 17.7 Å². The molecule has 0 atom stereocenters. The maximum absolute atomic E-state index is 12.9. The lowest BCUT2D eigenvalue weighted by Gasteiger charge is -2.34. The van der Waals surface area contributed by atoms with E-state index < -0.39 is 22.7 Å². The van der Waals surface area contributed by atoms with Gasteiger partial charge in [-0.3, -0.25) is 9.59 Å². The Morgan fingerprint density at radius 2 is 1.96 bits per heavy atom. The van der Waals surface area contributed by atoms with Gasteiger partial charge in [0.25, 0.3) is 5.91 Å². The van der Waals surface area contributed by atoms with E-state index in [1.54, 1.807) is 4.90 Å². The molecule has 0 bridgehead atoms. The average Bonchev–Trinajstić information content (AvgIpc) is 3.32. The molecule has 130 valence electrons. The third-order valence-corrected chi connectivity index (χ3v) is 4.72. The molecule has 0 spiro atoms. The smallest absolute Gasteiger partial charge is 0.339 e. The van der Waals surface area contributed by atoms with Crippen LogP contribution < -0.4 is 0 Å². The van der Waals surface area contributed by atoms with Crippen LogP contribution >= 0.6 is 11.6 Å². The van der Waals surface area contributed by atoms with Crippen LogP contribution in [0.1, 0.15) is 28.8 Å². The fourth-order valence-corrected chi connectivity index (χ4v) is 3.09.